The van der Waals surface area contributed by atoms with E-state index in [1.165, 1.54) is 28.8 Å². The molecule has 11 heteroatoms. The van der Waals surface area contributed by atoms with Crippen LogP contribution in [0.4, 0.5) is 10.2 Å². The van der Waals surface area contributed by atoms with E-state index < -0.39 is 21.9 Å². The average molecular weight is 500 g/mol. The smallest absolute Gasteiger partial charge is 0.243 e. The summed E-state index contributed by atoms with van der Waals surface area (Å²) in [6.45, 7) is 2.60. The summed E-state index contributed by atoms with van der Waals surface area (Å²) in [5.41, 5.74) is 6.91. The summed E-state index contributed by atoms with van der Waals surface area (Å²) in [7, 11) is -3.95. The van der Waals surface area contributed by atoms with Gasteiger partial charge in [-0.1, -0.05) is 24.3 Å². The van der Waals surface area contributed by atoms with Gasteiger partial charge in [0, 0.05) is 37.3 Å². The molecule has 0 spiro atoms. The maximum Gasteiger partial charge on any atom is 0.243 e. The third kappa shape index (κ3) is 4.65. The van der Waals surface area contributed by atoms with Gasteiger partial charge in [0.05, 0.1) is 48.3 Å². The monoisotopic (exact) mass is 499 g/mol. The van der Waals surface area contributed by atoms with Crippen LogP contribution in [0.3, 0.4) is 0 Å². The molecular weight excluding hydrogens is 473 g/mol. The van der Waals surface area contributed by atoms with Crippen LogP contribution >= 0.6 is 0 Å². The number of nitrogens with two attached hydrogens (primary N) is 1. The Labute approximate surface area is 203 Å². The number of halogens is 1. The standard InChI is InChI=1S/C24H26FN5O4S/c25-19-11-16(5-6-18(19)20-12-28-24(26)13-27-20)17-3-1-2-4-23(17)35(32,33)30-14-21(22(31)15-30)29-7-9-34-10-8-29/h1-6,11-13,21-22,31H,7-10,14-15H2,(H2,26,28)/t21?,22-/m0/s1. The van der Waals surface area contributed by atoms with Crippen LogP contribution in [0.1, 0.15) is 0 Å². The fraction of sp³-hybridized carbons (Fsp3) is 0.333. The lowest BCUT2D eigenvalue weighted by Gasteiger charge is -2.33. The van der Waals surface area contributed by atoms with E-state index in [-0.39, 0.29) is 35.4 Å². The SMILES string of the molecule is Nc1cnc(-c2ccc(-c3ccccc3S(=O)(=O)N3CC(N4CCOCC4)[C@@H](O)C3)cc2F)cn1. The Balaban J connectivity index is 1.45. The molecule has 3 heterocycles. The maximum absolute atomic E-state index is 15.1. The Morgan fingerprint density at radius 3 is 2.51 bits per heavy atom. The second-order valence-electron chi connectivity index (χ2n) is 8.62. The first-order valence-electron chi connectivity index (χ1n) is 11.3. The second-order valence-corrected chi connectivity index (χ2v) is 10.5. The van der Waals surface area contributed by atoms with Crippen LogP contribution in [-0.2, 0) is 14.8 Å². The molecule has 0 bridgehead atoms. The number of anilines is 1. The maximum atomic E-state index is 15.1. The lowest BCUT2D eigenvalue weighted by Crippen LogP contribution is -2.49. The minimum absolute atomic E-state index is 0.00178. The quantitative estimate of drug-likeness (QED) is 0.543. The van der Waals surface area contributed by atoms with Gasteiger partial charge in [0.15, 0.2) is 0 Å². The minimum atomic E-state index is -3.95. The molecule has 2 atom stereocenters. The van der Waals surface area contributed by atoms with Gasteiger partial charge in [-0.3, -0.25) is 9.88 Å². The van der Waals surface area contributed by atoms with Crippen molar-refractivity contribution in [3.8, 4) is 22.4 Å². The number of sulfonamides is 1. The molecule has 1 unspecified atom stereocenters. The molecule has 2 aromatic carbocycles. The predicted octanol–water partition coefficient (Wildman–Crippen LogP) is 1.60. The summed E-state index contributed by atoms with van der Waals surface area (Å²) in [6, 6.07) is 10.7. The van der Waals surface area contributed by atoms with Crippen molar-refractivity contribution < 1.29 is 22.7 Å². The Hall–Kier alpha value is -2.96. The van der Waals surface area contributed by atoms with Crippen LogP contribution in [0.2, 0.25) is 0 Å². The predicted molar refractivity (Wildman–Crippen MR) is 128 cm³/mol. The molecule has 0 saturated carbocycles. The summed E-state index contributed by atoms with van der Waals surface area (Å²) in [4.78, 5) is 10.2. The number of nitrogen functional groups attached to an aromatic ring is 1. The molecule has 0 amide bonds. The van der Waals surface area contributed by atoms with Gasteiger partial charge in [0.25, 0.3) is 0 Å². The molecule has 2 saturated heterocycles. The van der Waals surface area contributed by atoms with Gasteiger partial charge < -0.3 is 15.6 Å². The molecule has 35 heavy (non-hydrogen) atoms. The van der Waals surface area contributed by atoms with E-state index in [0.29, 0.717) is 43.1 Å². The minimum Gasteiger partial charge on any atom is -0.390 e. The average Bonchev–Trinajstić information content (AvgIpc) is 3.27. The van der Waals surface area contributed by atoms with Gasteiger partial charge in [0.2, 0.25) is 10.0 Å². The molecule has 2 aliphatic heterocycles. The first kappa shape index (κ1) is 23.8. The third-order valence-electron chi connectivity index (χ3n) is 6.47. The number of β-amino-alcohol motifs (C(OH)–C–C–N with tert-alkyl or cyclic N) is 1. The van der Waals surface area contributed by atoms with Gasteiger partial charge in [0.1, 0.15) is 11.6 Å². The zero-order chi connectivity index (χ0) is 24.6. The van der Waals surface area contributed by atoms with E-state index in [1.54, 1.807) is 30.3 Å². The number of morpholine rings is 1. The van der Waals surface area contributed by atoms with E-state index in [4.69, 9.17) is 10.5 Å². The molecule has 184 valence electrons. The first-order valence-corrected chi connectivity index (χ1v) is 12.8. The van der Waals surface area contributed by atoms with Gasteiger partial charge in [-0.2, -0.15) is 4.31 Å². The third-order valence-corrected chi connectivity index (χ3v) is 8.36. The Kier molecular flexibility index (Phi) is 6.51. The fourth-order valence-corrected chi connectivity index (χ4v) is 6.33. The van der Waals surface area contributed by atoms with Crippen molar-refractivity contribution >= 4 is 15.8 Å². The van der Waals surface area contributed by atoms with Crippen molar-refractivity contribution in [2.75, 3.05) is 45.1 Å². The van der Waals surface area contributed by atoms with Crippen molar-refractivity contribution in [2.24, 2.45) is 0 Å². The van der Waals surface area contributed by atoms with Gasteiger partial charge in [-0.15, -0.1) is 0 Å². The number of ether oxygens (including phenoxy) is 1. The highest BCUT2D eigenvalue weighted by atomic mass is 32.2. The van der Waals surface area contributed by atoms with Crippen molar-refractivity contribution in [2.45, 2.75) is 17.0 Å². The van der Waals surface area contributed by atoms with E-state index in [9.17, 15) is 13.5 Å². The van der Waals surface area contributed by atoms with Crippen LogP contribution in [0, 0.1) is 5.82 Å². The number of hydrogen-bond donors (Lipinski definition) is 2. The molecule has 1 aromatic heterocycles. The van der Waals surface area contributed by atoms with Gasteiger partial charge >= 0.3 is 0 Å². The molecule has 3 N–H and O–H groups in total. The molecule has 3 aromatic rings. The number of benzene rings is 2. The number of nitrogens with zero attached hydrogens (tertiary/aromatic N) is 4. The number of hydrogen-bond acceptors (Lipinski definition) is 8. The highest BCUT2D eigenvalue weighted by molar-refractivity contribution is 7.89. The summed E-state index contributed by atoms with van der Waals surface area (Å²) in [5, 5.41) is 10.6. The van der Waals surface area contributed by atoms with E-state index in [2.05, 4.69) is 14.9 Å². The van der Waals surface area contributed by atoms with Crippen molar-refractivity contribution in [3.63, 3.8) is 0 Å². The molecule has 0 aliphatic carbocycles. The summed E-state index contributed by atoms with van der Waals surface area (Å²) < 4.78 is 49.0. The molecule has 2 fully saturated rings. The molecule has 2 aliphatic rings. The zero-order valence-electron chi connectivity index (χ0n) is 18.9. The normalized spacial score (nSPS) is 21.9. The van der Waals surface area contributed by atoms with E-state index in [1.807, 2.05) is 0 Å². The topological polar surface area (TPSA) is 122 Å². The number of aliphatic hydroxyl groups is 1. The largest absolute Gasteiger partial charge is 0.390 e. The van der Waals surface area contributed by atoms with Crippen molar-refractivity contribution in [3.05, 3.63) is 60.7 Å². The summed E-state index contributed by atoms with van der Waals surface area (Å²) in [5.74, 6) is -0.328. The van der Waals surface area contributed by atoms with Crippen molar-refractivity contribution in [1.82, 2.24) is 19.2 Å². The molecule has 5 rings (SSSR count). The molecule has 9 nitrogen and oxygen atoms in total. The van der Waals surface area contributed by atoms with Crippen LogP contribution in [0.5, 0.6) is 0 Å². The Bertz CT molecular complexity index is 1320. The summed E-state index contributed by atoms with van der Waals surface area (Å²) in [6.07, 6.45) is 1.93. The first-order chi connectivity index (χ1) is 16.8. The highest BCUT2D eigenvalue weighted by Crippen LogP contribution is 2.34. The molecular formula is C24H26FN5O4S. The molecule has 0 radical (unpaired) electrons. The number of aliphatic hydroxyl groups excluding tert-OH is 1. The lowest BCUT2D eigenvalue weighted by molar-refractivity contribution is -0.00602. The Morgan fingerprint density at radius 1 is 1.03 bits per heavy atom. The number of rotatable bonds is 5. The Morgan fingerprint density at radius 2 is 1.80 bits per heavy atom. The van der Waals surface area contributed by atoms with Crippen LogP contribution in [0.15, 0.2) is 59.8 Å². The van der Waals surface area contributed by atoms with Gasteiger partial charge in [-0.05, 0) is 23.8 Å². The lowest BCUT2D eigenvalue weighted by atomic mass is 10.0. The summed E-state index contributed by atoms with van der Waals surface area (Å²) >= 11 is 0. The second kappa shape index (κ2) is 9.59. The van der Waals surface area contributed by atoms with Gasteiger partial charge in [-0.25, -0.2) is 17.8 Å². The van der Waals surface area contributed by atoms with Crippen LogP contribution in [-0.4, -0.2) is 84.2 Å². The fourth-order valence-electron chi connectivity index (χ4n) is 4.64. The van der Waals surface area contributed by atoms with Crippen LogP contribution in [0.25, 0.3) is 22.4 Å². The number of aromatic nitrogens is 2. The van der Waals surface area contributed by atoms with Crippen LogP contribution < -0.4 is 5.73 Å². The zero-order valence-corrected chi connectivity index (χ0v) is 19.7. The van der Waals surface area contributed by atoms with Crippen molar-refractivity contribution in [1.29, 1.82) is 0 Å². The van der Waals surface area contributed by atoms with E-state index in [0.717, 1.165) is 0 Å². The van der Waals surface area contributed by atoms with E-state index >= 15 is 4.39 Å². The highest BCUT2D eigenvalue weighted by Gasteiger charge is 2.42.